The number of hydrogen-bond donors (Lipinski definition) is 1. The van der Waals surface area contributed by atoms with Crippen LogP contribution in [-0.2, 0) is 9.84 Å². The summed E-state index contributed by atoms with van der Waals surface area (Å²) in [7, 11) is -3.69. The number of nitrogens with zero attached hydrogens (tertiary/aromatic N) is 3. The molecule has 2 heterocycles. The highest BCUT2D eigenvalue weighted by Crippen LogP contribution is 2.34. The van der Waals surface area contributed by atoms with E-state index in [1.165, 1.54) is 46.8 Å². The van der Waals surface area contributed by atoms with Crippen LogP contribution in [0.5, 0.6) is 0 Å². The van der Waals surface area contributed by atoms with E-state index < -0.39 is 21.7 Å². The average molecular weight is 380 g/mol. The number of halogens is 1. The predicted molar refractivity (Wildman–Crippen MR) is 92.0 cm³/mol. The second kappa shape index (κ2) is 6.37. The van der Waals surface area contributed by atoms with E-state index in [1.54, 1.807) is 6.92 Å². The number of rotatable bonds is 3. The van der Waals surface area contributed by atoms with Crippen LogP contribution < -0.4 is 5.32 Å². The summed E-state index contributed by atoms with van der Waals surface area (Å²) in [6, 6.07) is 3.43. The molecule has 0 aliphatic heterocycles. The van der Waals surface area contributed by atoms with Crippen LogP contribution >= 0.6 is 11.3 Å². The van der Waals surface area contributed by atoms with Crippen LogP contribution in [-0.4, -0.2) is 35.2 Å². The Balaban J connectivity index is 1.94. The summed E-state index contributed by atoms with van der Waals surface area (Å²) in [4.78, 5) is 20.3. The molecule has 0 aliphatic rings. The van der Waals surface area contributed by atoms with Crippen molar-refractivity contribution in [2.24, 2.45) is 0 Å². The van der Waals surface area contributed by atoms with Crippen molar-refractivity contribution in [3.05, 3.63) is 48.4 Å². The summed E-state index contributed by atoms with van der Waals surface area (Å²) < 4.78 is 38.4. The van der Waals surface area contributed by atoms with Gasteiger partial charge in [0.1, 0.15) is 17.0 Å². The van der Waals surface area contributed by atoms with Gasteiger partial charge in [0, 0.05) is 18.6 Å². The molecule has 10 heteroatoms. The minimum Gasteiger partial charge on any atom is -0.283 e. The van der Waals surface area contributed by atoms with E-state index in [4.69, 9.17) is 0 Å². The zero-order chi connectivity index (χ0) is 18.2. The monoisotopic (exact) mass is 380 g/mol. The van der Waals surface area contributed by atoms with Crippen LogP contribution in [0.25, 0.3) is 10.4 Å². The van der Waals surface area contributed by atoms with E-state index in [1.807, 2.05) is 0 Å². The molecule has 0 radical (unpaired) electrons. The Labute approximate surface area is 147 Å². The molecule has 0 bridgehead atoms. The third-order valence-electron chi connectivity index (χ3n) is 3.34. The number of hydrogen-bond acceptors (Lipinski definition) is 6. The van der Waals surface area contributed by atoms with Gasteiger partial charge in [-0.2, -0.15) is 0 Å². The van der Waals surface area contributed by atoms with Crippen LogP contribution in [0.3, 0.4) is 0 Å². The van der Waals surface area contributed by atoms with Gasteiger partial charge in [-0.3, -0.25) is 9.88 Å². The second-order valence-electron chi connectivity index (χ2n) is 5.25. The number of sulfone groups is 1. The number of thiazole rings is 1. The molecule has 3 rings (SSSR count). The lowest BCUT2D eigenvalue weighted by Gasteiger charge is -2.04. The molecular formula is C15H13FN4O3S2. The van der Waals surface area contributed by atoms with Crippen molar-refractivity contribution in [2.45, 2.75) is 11.8 Å². The molecule has 0 fully saturated rings. The average Bonchev–Trinajstić information content (AvgIpc) is 3.16. The summed E-state index contributed by atoms with van der Waals surface area (Å²) >= 11 is 1.17. The molecule has 1 N–H and O–H groups in total. The van der Waals surface area contributed by atoms with E-state index in [-0.39, 0.29) is 4.90 Å². The molecule has 0 saturated heterocycles. The highest BCUT2D eigenvalue weighted by Gasteiger charge is 2.18. The van der Waals surface area contributed by atoms with Gasteiger partial charge in [-0.15, -0.1) is 0 Å². The van der Waals surface area contributed by atoms with Crippen LogP contribution in [0.15, 0.2) is 41.8 Å². The largest absolute Gasteiger partial charge is 0.333 e. The van der Waals surface area contributed by atoms with Gasteiger partial charge >= 0.3 is 6.03 Å². The van der Waals surface area contributed by atoms with Crippen LogP contribution in [0.1, 0.15) is 5.69 Å². The van der Waals surface area contributed by atoms with Crippen molar-refractivity contribution >= 4 is 32.3 Å². The normalized spacial score (nSPS) is 11.5. The third kappa shape index (κ3) is 3.59. The Kier molecular flexibility index (Phi) is 4.39. The number of amides is 1. The number of imidazole rings is 1. The molecule has 1 amide bonds. The van der Waals surface area contributed by atoms with E-state index in [0.717, 1.165) is 12.3 Å². The summed E-state index contributed by atoms with van der Waals surface area (Å²) in [5.41, 5.74) is 1.11. The van der Waals surface area contributed by atoms with E-state index in [0.29, 0.717) is 21.3 Å². The first kappa shape index (κ1) is 17.2. The molecule has 1 aromatic carbocycles. The highest BCUT2D eigenvalue weighted by molar-refractivity contribution is 7.90. The van der Waals surface area contributed by atoms with E-state index >= 15 is 0 Å². The number of aryl methyl sites for hydroxylation is 1. The first-order chi connectivity index (χ1) is 11.8. The zero-order valence-electron chi connectivity index (χ0n) is 13.2. The van der Waals surface area contributed by atoms with Gasteiger partial charge in [-0.1, -0.05) is 17.4 Å². The van der Waals surface area contributed by atoms with Gasteiger partial charge in [0.25, 0.3) is 0 Å². The van der Waals surface area contributed by atoms with Gasteiger partial charge in [-0.25, -0.2) is 27.6 Å². The van der Waals surface area contributed by atoms with Crippen molar-refractivity contribution in [1.82, 2.24) is 14.5 Å². The van der Waals surface area contributed by atoms with Gasteiger partial charge < -0.3 is 0 Å². The molecule has 3 aromatic rings. The summed E-state index contributed by atoms with van der Waals surface area (Å²) in [6.07, 6.45) is 5.28. The molecule has 2 aromatic heterocycles. The summed E-state index contributed by atoms with van der Waals surface area (Å²) in [5.74, 6) is -0.804. The Morgan fingerprint density at radius 2 is 2.12 bits per heavy atom. The lowest BCUT2D eigenvalue weighted by molar-refractivity contribution is 0.253. The topological polar surface area (TPSA) is 93.9 Å². The summed E-state index contributed by atoms with van der Waals surface area (Å²) in [6.45, 7) is 1.72. The number of nitrogens with one attached hydrogen (secondary N) is 1. The van der Waals surface area contributed by atoms with Gasteiger partial charge in [0.15, 0.2) is 15.0 Å². The van der Waals surface area contributed by atoms with Crippen molar-refractivity contribution in [1.29, 1.82) is 0 Å². The Morgan fingerprint density at radius 3 is 2.76 bits per heavy atom. The minimum atomic E-state index is -3.69. The smallest absolute Gasteiger partial charge is 0.283 e. The maximum atomic E-state index is 13.8. The molecular weight excluding hydrogens is 367 g/mol. The fourth-order valence-electron chi connectivity index (χ4n) is 2.18. The van der Waals surface area contributed by atoms with E-state index in [9.17, 15) is 17.6 Å². The Morgan fingerprint density at radius 1 is 1.36 bits per heavy atom. The highest BCUT2D eigenvalue weighted by atomic mass is 32.2. The zero-order valence-corrected chi connectivity index (χ0v) is 14.9. The molecule has 0 atom stereocenters. The summed E-state index contributed by atoms with van der Waals surface area (Å²) in [5, 5.41) is 2.97. The van der Waals surface area contributed by atoms with Crippen LogP contribution in [0.4, 0.5) is 14.3 Å². The van der Waals surface area contributed by atoms with Crippen molar-refractivity contribution in [3.63, 3.8) is 0 Å². The van der Waals surface area contributed by atoms with Crippen molar-refractivity contribution in [2.75, 3.05) is 11.6 Å². The lowest BCUT2D eigenvalue weighted by atomic mass is 10.1. The number of carbonyl (C=O) groups excluding carboxylic acids is 1. The van der Waals surface area contributed by atoms with Crippen molar-refractivity contribution in [3.8, 4) is 10.4 Å². The van der Waals surface area contributed by atoms with Crippen LogP contribution in [0, 0.1) is 12.7 Å². The third-order valence-corrected chi connectivity index (χ3v) is 5.58. The SMILES string of the molecule is Cc1nc(NC(=O)n2ccnc2)sc1-c1ccc(F)c(S(C)(=O)=O)c1. The molecule has 130 valence electrons. The van der Waals surface area contributed by atoms with Gasteiger partial charge in [0.05, 0.1) is 10.6 Å². The molecule has 0 aliphatic carbocycles. The minimum absolute atomic E-state index is 0.344. The fraction of sp³-hybridized carbons (Fsp3) is 0.133. The second-order valence-corrected chi connectivity index (χ2v) is 8.23. The number of aromatic nitrogens is 3. The van der Waals surface area contributed by atoms with Crippen LogP contribution in [0.2, 0.25) is 0 Å². The van der Waals surface area contributed by atoms with E-state index in [2.05, 4.69) is 15.3 Å². The first-order valence-corrected chi connectivity index (χ1v) is 9.73. The van der Waals surface area contributed by atoms with Crippen molar-refractivity contribution < 1.29 is 17.6 Å². The molecule has 0 unspecified atom stereocenters. The maximum absolute atomic E-state index is 13.8. The molecule has 25 heavy (non-hydrogen) atoms. The molecule has 0 saturated carbocycles. The lowest BCUT2D eigenvalue weighted by Crippen LogP contribution is -2.17. The first-order valence-electron chi connectivity index (χ1n) is 7.02. The van der Waals surface area contributed by atoms with Gasteiger partial charge in [-0.05, 0) is 24.6 Å². The Bertz CT molecular complexity index is 1040. The fourth-order valence-corrected chi connectivity index (χ4v) is 3.90. The molecule has 7 nitrogen and oxygen atoms in total. The Hall–Kier alpha value is -2.59. The number of anilines is 1. The number of benzene rings is 1. The number of carbonyl (C=O) groups is 1. The van der Waals surface area contributed by atoms with Gasteiger partial charge in [0.2, 0.25) is 0 Å². The predicted octanol–water partition coefficient (Wildman–Crippen LogP) is 2.94. The quantitative estimate of drug-likeness (QED) is 0.754. The maximum Gasteiger partial charge on any atom is 0.333 e. The standard InChI is InChI=1S/C15H13FN4O3S2/c1-9-13(10-3-4-11(16)12(7-10)25(2,22)23)24-14(18-9)19-15(21)20-6-5-17-8-20/h3-8H,1-2H3,(H,18,19,21). The molecule has 0 spiro atoms.